The second-order valence-electron chi connectivity index (χ2n) is 4.27. The van der Waals surface area contributed by atoms with Gasteiger partial charge in [0, 0.05) is 0 Å². The Morgan fingerprint density at radius 1 is 0.833 bits per heavy atom. The predicted octanol–water partition coefficient (Wildman–Crippen LogP) is 4.66. The number of anilines is 2. The van der Waals surface area contributed by atoms with Gasteiger partial charge in [0.15, 0.2) is 0 Å². The van der Waals surface area contributed by atoms with Gasteiger partial charge in [0.2, 0.25) is 0 Å². The number of unbranched alkanes of at least 4 members (excludes halogenated alkanes) is 1. The molecule has 0 fully saturated rings. The number of para-hydroxylation sites is 2. The van der Waals surface area contributed by atoms with Gasteiger partial charge in [-0.25, -0.2) is 0 Å². The molecule has 0 saturated carbocycles. The SMILES string of the molecule is CCC[CH2][Sn][N](c1ccccc1)c1ccccc1. The van der Waals surface area contributed by atoms with Crippen LogP contribution in [0.15, 0.2) is 60.7 Å². The molecule has 0 atom stereocenters. The normalized spacial score (nSPS) is 10.3. The molecule has 0 aliphatic carbocycles. The van der Waals surface area contributed by atoms with Crippen molar-refractivity contribution in [1.29, 1.82) is 0 Å². The summed E-state index contributed by atoms with van der Waals surface area (Å²) in [5.74, 6) is 0. The first-order valence-corrected chi connectivity index (χ1v) is 9.85. The van der Waals surface area contributed by atoms with E-state index in [2.05, 4.69) is 70.7 Å². The van der Waals surface area contributed by atoms with Crippen LogP contribution in [0.4, 0.5) is 11.4 Å². The van der Waals surface area contributed by atoms with E-state index in [0.29, 0.717) is 0 Å². The van der Waals surface area contributed by atoms with Gasteiger partial charge < -0.3 is 0 Å². The van der Waals surface area contributed by atoms with E-state index in [-0.39, 0.29) is 0 Å². The Balaban J connectivity index is 2.18. The first-order chi connectivity index (χ1) is 8.92. The molecule has 2 radical (unpaired) electrons. The Kier molecular flexibility index (Phi) is 5.59. The van der Waals surface area contributed by atoms with Gasteiger partial charge in [-0.2, -0.15) is 0 Å². The maximum absolute atomic E-state index is 2.57. The van der Waals surface area contributed by atoms with Gasteiger partial charge in [0.25, 0.3) is 0 Å². The molecular formula is C16H19NSn. The van der Waals surface area contributed by atoms with Crippen molar-refractivity contribution in [2.45, 2.75) is 24.2 Å². The van der Waals surface area contributed by atoms with Gasteiger partial charge in [-0.3, -0.25) is 0 Å². The molecule has 0 aliphatic heterocycles. The Morgan fingerprint density at radius 2 is 1.33 bits per heavy atom. The first kappa shape index (κ1) is 13.5. The summed E-state index contributed by atoms with van der Waals surface area (Å²) in [5, 5.41) is 0. The van der Waals surface area contributed by atoms with Crippen LogP contribution >= 0.6 is 0 Å². The van der Waals surface area contributed by atoms with Crippen molar-refractivity contribution in [2.75, 3.05) is 3.12 Å². The molecule has 0 saturated heterocycles. The summed E-state index contributed by atoms with van der Waals surface area (Å²) in [6, 6.07) is 21.6. The van der Waals surface area contributed by atoms with E-state index in [1.165, 1.54) is 28.7 Å². The summed E-state index contributed by atoms with van der Waals surface area (Å²) in [5.41, 5.74) is 2.71. The van der Waals surface area contributed by atoms with Crippen molar-refractivity contribution in [2.24, 2.45) is 0 Å². The average Bonchev–Trinajstić information content (AvgIpc) is 2.46. The van der Waals surface area contributed by atoms with Crippen LogP contribution in [0.2, 0.25) is 4.44 Å². The Bertz CT molecular complexity index is 402. The van der Waals surface area contributed by atoms with Crippen LogP contribution < -0.4 is 3.12 Å². The van der Waals surface area contributed by atoms with Gasteiger partial charge in [-0.15, -0.1) is 0 Å². The van der Waals surface area contributed by atoms with Gasteiger partial charge in [0.05, 0.1) is 0 Å². The molecule has 18 heavy (non-hydrogen) atoms. The van der Waals surface area contributed by atoms with Crippen LogP contribution in [0.3, 0.4) is 0 Å². The van der Waals surface area contributed by atoms with Crippen LogP contribution in [0, 0.1) is 0 Å². The van der Waals surface area contributed by atoms with Crippen molar-refractivity contribution < 1.29 is 0 Å². The molecule has 0 bridgehead atoms. The van der Waals surface area contributed by atoms with Crippen molar-refractivity contribution in [3.63, 3.8) is 0 Å². The minimum absolute atomic E-state index is 0.548. The van der Waals surface area contributed by atoms with E-state index in [4.69, 9.17) is 0 Å². The van der Waals surface area contributed by atoms with Crippen LogP contribution in [-0.2, 0) is 0 Å². The fourth-order valence-electron chi connectivity index (χ4n) is 1.85. The maximum atomic E-state index is 2.57. The van der Waals surface area contributed by atoms with E-state index in [9.17, 15) is 0 Å². The van der Waals surface area contributed by atoms with Gasteiger partial charge in [0.1, 0.15) is 0 Å². The van der Waals surface area contributed by atoms with Crippen molar-refractivity contribution in [1.82, 2.24) is 0 Å². The molecule has 0 aromatic heterocycles. The Labute approximate surface area is 120 Å². The Hall–Kier alpha value is -0.961. The van der Waals surface area contributed by atoms with Gasteiger partial charge in [-0.05, 0) is 0 Å². The molecule has 2 heteroatoms. The van der Waals surface area contributed by atoms with E-state index < -0.39 is 21.4 Å². The van der Waals surface area contributed by atoms with Crippen molar-refractivity contribution in [3.05, 3.63) is 60.7 Å². The number of rotatable bonds is 6. The number of nitrogens with zero attached hydrogens (tertiary/aromatic N) is 1. The monoisotopic (exact) mass is 345 g/mol. The van der Waals surface area contributed by atoms with E-state index in [0.717, 1.165) is 0 Å². The second kappa shape index (κ2) is 7.47. The summed E-state index contributed by atoms with van der Waals surface area (Å²) in [6.07, 6.45) is 2.67. The Morgan fingerprint density at radius 3 is 1.78 bits per heavy atom. The first-order valence-electron chi connectivity index (χ1n) is 6.55. The molecule has 0 aliphatic rings. The summed E-state index contributed by atoms with van der Waals surface area (Å²) < 4.78 is 3.97. The summed E-state index contributed by atoms with van der Waals surface area (Å²) in [6.45, 7) is 2.27. The zero-order chi connectivity index (χ0) is 12.6. The van der Waals surface area contributed by atoms with Gasteiger partial charge >= 0.3 is 121 Å². The molecule has 0 amide bonds. The zero-order valence-electron chi connectivity index (χ0n) is 10.8. The van der Waals surface area contributed by atoms with Crippen molar-refractivity contribution in [3.8, 4) is 0 Å². The second-order valence-corrected chi connectivity index (χ2v) is 7.87. The number of benzene rings is 2. The van der Waals surface area contributed by atoms with Crippen molar-refractivity contribution >= 4 is 32.8 Å². The average molecular weight is 344 g/mol. The molecule has 2 aromatic rings. The molecular weight excluding hydrogens is 325 g/mol. The minimum atomic E-state index is -0.548. The van der Waals surface area contributed by atoms with Crippen LogP contribution in [0.5, 0.6) is 0 Å². The number of hydrogen-bond acceptors (Lipinski definition) is 1. The molecule has 0 N–H and O–H groups in total. The van der Waals surface area contributed by atoms with E-state index in [1.807, 2.05) is 0 Å². The van der Waals surface area contributed by atoms with E-state index in [1.54, 1.807) is 0 Å². The third kappa shape index (κ3) is 3.77. The topological polar surface area (TPSA) is 3.24 Å². The molecule has 0 unspecified atom stereocenters. The van der Waals surface area contributed by atoms with Crippen LogP contribution in [-0.4, -0.2) is 21.4 Å². The molecule has 2 rings (SSSR count). The predicted molar refractivity (Wildman–Crippen MR) is 80.5 cm³/mol. The third-order valence-corrected chi connectivity index (χ3v) is 6.85. The molecule has 1 nitrogen and oxygen atoms in total. The number of hydrogen-bond donors (Lipinski definition) is 0. The van der Waals surface area contributed by atoms with Crippen LogP contribution in [0.25, 0.3) is 0 Å². The third-order valence-electron chi connectivity index (χ3n) is 2.83. The molecule has 2 aromatic carbocycles. The quantitative estimate of drug-likeness (QED) is 0.544. The van der Waals surface area contributed by atoms with Crippen LogP contribution in [0.1, 0.15) is 19.8 Å². The summed E-state index contributed by atoms with van der Waals surface area (Å²) in [4.78, 5) is 0. The molecule has 0 spiro atoms. The van der Waals surface area contributed by atoms with E-state index >= 15 is 0 Å². The molecule has 0 heterocycles. The standard InChI is InChI=1S/C12H10N.C4H9.Sn/c1-3-7-11(8-4-1)13-12-9-5-2-6-10-12;1-3-4-2;/h1-10H;1,3-4H2,2H3;/q-1;;+1. The fourth-order valence-corrected chi connectivity index (χ4v) is 5.85. The summed E-state index contributed by atoms with van der Waals surface area (Å²) >= 11 is -0.548. The van der Waals surface area contributed by atoms with Gasteiger partial charge in [-0.1, -0.05) is 0 Å². The molecule has 92 valence electrons. The fraction of sp³-hybridized carbons (Fsp3) is 0.250. The zero-order valence-corrected chi connectivity index (χ0v) is 13.7. The summed E-state index contributed by atoms with van der Waals surface area (Å²) in [7, 11) is 0.